The van der Waals surface area contributed by atoms with Crippen LogP contribution in [0.1, 0.15) is 72.3 Å². The Balaban J connectivity index is 0.000000245. The number of aliphatic imine (C=N–C) groups is 1. The number of amidine groups is 1. The Morgan fingerprint density at radius 2 is 1.70 bits per heavy atom. The summed E-state index contributed by atoms with van der Waals surface area (Å²) in [6, 6.07) is 10.8. The van der Waals surface area contributed by atoms with E-state index in [4.69, 9.17) is 0 Å². The van der Waals surface area contributed by atoms with Gasteiger partial charge in [0.25, 0.3) is 5.91 Å². The van der Waals surface area contributed by atoms with Gasteiger partial charge in [0.1, 0.15) is 17.9 Å². The number of nitrogens with one attached hydrogen (secondary N) is 1. The van der Waals surface area contributed by atoms with E-state index in [1.54, 1.807) is 6.92 Å². The van der Waals surface area contributed by atoms with Crippen molar-refractivity contribution in [2.75, 3.05) is 19.6 Å². The summed E-state index contributed by atoms with van der Waals surface area (Å²) in [5, 5.41) is 13.3. The topological polar surface area (TPSA) is 81.6 Å². The maximum atomic E-state index is 12.2. The van der Waals surface area contributed by atoms with E-state index in [2.05, 4.69) is 61.4 Å². The van der Waals surface area contributed by atoms with Gasteiger partial charge in [-0.25, -0.2) is 0 Å². The molecule has 1 aliphatic heterocycles. The first-order chi connectivity index (χ1) is 15.7. The lowest BCUT2D eigenvalue weighted by atomic mass is 9.76. The van der Waals surface area contributed by atoms with Crippen molar-refractivity contribution in [3.05, 3.63) is 47.5 Å². The standard InChI is InChI=1S/C14H20N2O3.C13H22N/c1-9(8-11(17)18)12-15-13(19)14(2,16-12)10-6-4-3-5-7-10;1-4-14(5-2,6-3)12-13-10-8-7-9-11-13/h8,10H,3-7H2,1-2H3,(H,17,18)(H,15,16,19);7-11H,4-6,12H2,1-3H3/q;+1/p-1/b9-8-;. The number of nitrogens with zero attached hydrogens (tertiary/aromatic N) is 2. The van der Waals surface area contributed by atoms with E-state index in [1.165, 1.54) is 42.6 Å². The van der Waals surface area contributed by atoms with Crippen LogP contribution in [0, 0.1) is 5.92 Å². The van der Waals surface area contributed by atoms with Crippen LogP contribution in [-0.2, 0) is 16.1 Å². The molecule has 0 aromatic heterocycles. The Kier molecular flexibility index (Phi) is 9.84. The number of carboxylic acids is 1. The molecule has 1 aromatic rings. The fourth-order valence-corrected chi connectivity index (χ4v) is 4.90. The van der Waals surface area contributed by atoms with Crippen LogP contribution in [0.25, 0.3) is 0 Å². The van der Waals surface area contributed by atoms with E-state index in [0.29, 0.717) is 11.4 Å². The van der Waals surface area contributed by atoms with Crippen molar-refractivity contribution >= 4 is 17.7 Å². The number of amides is 1. The largest absolute Gasteiger partial charge is 0.545 e. The molecule has 2 aliphatic rings. The molecule has 182 valence electrons. The van der Waals surface area contributed by atoms with Crippen LogP contribution < -0.4 is 10.4 Å². The summed E-state index contributed by atoms with van der Waals surface area (Å²) in [5.74, 6) is -0.794. The third kappa shape index (κ3) is 7.00. The zero-order chi connectivity index (χ0) is 24.5. The van der Waals surface area contributed by atoms with Crippen LogP contribution in [0.4, 0.5) is 0 Å². The molecular weight excluding hydrogens is 414 g/mol. The van der Waals surface area contributed by atoms with Gasteiger partial charge in [-0.05, 0) is 65.0 Å². The molecule has 1 saturated carbocycles. The summed E-state index contributed by atoms with van der Waals surface area (Å²) in [4.78, 5) is 27.2. The van der Waals surface area contributed by atoms with Crippen LogP contribution in [0.2, 0.25) is 0 Å². The molecule has 6 nitrogen and oxygen atoms in total. The number of rotatable bonds is 8. The number of hydrogen-bond donors (Lipinski definition) is 1. The van der Waals surface area contributed by atoms with E-state index in [-0.39, 0.29) is 11.8 Å². The maximum absolute atomic E-state index is 12.2. The highest BCUT2D eigenvalue weighted by molar-refractivity contribution is 6.16. The summed E-state index contributed by atoms with van der Waals surface area (Å²) in [5.41, 5.74) is 1.13. The summed E-state index contributed by atoms with van der Waals surface area (Å²) in [6.07, 6.45) is 6.45. The van der Waals surface area contributed by atoms with Gasteiger partial charge < -0.3 is 19.7 Å². The van der Waals surface area contributed by atoms with Crippen LogP contribution in [0.5, 0.6) is 0 Å². The SMILES string of the molecule is C/C(=C/C(=O)[O-])C1=NC(C)(C2CCCCC2)C(=O)N1.CC[N+](CC)(CC)Cc1ccccc1. The van der Waals surface area contributed by atoms with Gasteiger partial charge in [0.05, 0.1) is 25.6 Å². The van der Waals surface area contributed by atoms with Gasteiger partial charge in [-0.1, -0.05) is 49.6 Å². The molecule has 0 spiro atoms. The second-order valence-electron chi connectivity index (χ2n) is 9.48. The van der Waals surface area contributed by atoms with Gasteiger partial charge in [0, 0.05) is 5.56 Å². The molecular formula is C27H41N3O3. The van der Waals surface area contributed by atoms with Crippen LogP contribution in [0.3, 0.4) is 0 Å². The van der Waals surface area contributed by atoms with E-state index in [0.717, 1.165) is 31.8 Å². The monoisotopic (exact) mass is 455 g/mol. The Bertz CT molecular complexity index is 844. The van der Waals surface area contributed by atoms with Gasteiger partial charge in [0.2, 0.25) is 0 Å². The Hall–Kier alpha value is -2.47. The van der Waals surface area contributed by atoms with Gasteiger partial charge in [-0.3, -0.25) is 9.79 Å². The van der Waals surface area contributed by atoms with E-state index >= 15 is 0 Å². The van der Waals surface area contributed by atoms with Crippen molar-refractivity contribution in [1.82, 2.24) is 5.32 Å². The molecule has 1 aliphatic carbocycles. The normalized spacial score (nSPS) is 21.7. The first-order valence-corrected chi connectivity index (χ1v) is 12.4. The minimum absolute atomic E-state index is 0.125. The summed E-state index contributed by atoms with van der Waals surface area (Å²) >= 11 is 0. The summed E-state index contributed by atoms with van der Waals surface area (Å²) in [7, 11) is 0. The molecule has 6 heteroatoms. The maximum Gasteiger partial charge on any atom is 0.253 e. The van der Waals surface area contributed by atoms with E-state index in [9.17, 15) is 14.7 Å². The Morgan fingerprint density at radius 1 is 1.12 bits per heavy atom. The van der Waals surface area contributed by atoms with Crippen LogP contribution in [-0.4, -0.2) is 47.4 Å². The molecule has 1 unspecified atom stereocenters. The average Bonchev–Trinajstić information content (AvgIpc) is 3.14. The van der Waals surface area contributed by atoms with Crippen LogP contribution >= 0.6 is 0 Å². The second-order valence-corrected chi connectivity index (χ2v) is 9.48. The predicted molar refractivity (Wildman–Crippen MR) is 131 cm³/mol. The number of aliphatic carboxylic acids is 1. The Labute approximate surface area is 199 Å². The molecule has 1 aromatic carbocycles. The van der Waals surface area contributed by atoms with Crippen LogP contribution in [0.15, 0.2) is 47.0 Å². The quantitative estimate of drug-likeness (QED) is 0.480. The molecule has 1 N–H and O–H groups in total. The Morgan fingerprint density at radius 3 is 2.21 bits per heavy atom. The molecule has 1 atom stereocenters. The number of carbonyl (C=O) groups is 2. The van der Waals surface area contributed by atoms with Gasteiger partial charge >= 0.3 is 0 Å². The van der Waals surface area contributed by atoms with Crippen molar-refractivity contribution in [2.45, 2.75) is 78.8 Å². The fraction of sp³-hybridized carbons (Fsp3) is 0.593. The predicted octanol–water partition coefficient (Wildman–Crippen LogP) is 3.61. The van der Waals surface area contributed by atoms with E-state index in [1.807, 2.05) is 6.92 Å². The number of quaternary nitrogens is 1. The fourth-order valence-electron chi connectivity index (χ4n) is 4.90. The van der Waals surface area contributed by atoms with Gasteiger partial charge in [0.15, 0.2) is 0 Å². The lowest BCUT2D eigenvalue weighted by molar-refractivity contribution is -0.936. The number of carboxylic acid groups (broad SMARTS) is 1. The highest BCUT2D eigenvalue weighted by Gasteiger charge is 2.45. The van der Waals surface area contributed by atoms with E-state index < -0.39 is 11.5 Å². The average molecular weight is 456 g/mol. The number of carbonyl (C=O) groups excluding carboxylic acids is 2. The molecule has 1 fully saturated rings. The third-order valence-electron chi connectivity index (χ3n) is 7.52. The zero-order valence-electron chi connectivity index (χ0n) is 21.0. The molecule has 0 bridgehead atoms. The van der Waals surface area contributed by atoms with Gasteiger partial charge in [-0.15, -0.1) is 0 Å². The first kappa shape index (κ1) is 26.8. The third-order valence-corrected chi connectivity index (χ3v) is 7.52. The van der Waals surface area contributed by atoms with Crippen molar-refractivity contribution < 1.29 is 19.2 Å². The molecule has 1 heterocycles. The highest BCUT2D eigenvalue weighted by Crippen LogP contribution is 2.37. The number of hydrogen-bond acceptors (Lipinski definition) is 4. The van der Waals surface area contributed by atoms with Crippen molar-refractivity contribution in [2.24, 2.45) is 10.9 Å². The zero-order valence-corrected chi connectivity index (χ0v) is 21.0. The molecule has 0 radical (unpaired) electrons. The second kappa shape index (κ2) is 12.1. The minimum Gasteiger partial charge on any atom is -0.545 e. The molecule has 3 rings (SSSR count). The number of benzene rings is 1. The van der Waals surface area contributed by atoms with Crippen molar-refractivity contribution in [1.29, 1.82) is 0 Å². The van der Waals surface area contributed by atoms with Crippen molar-refractivity contribution in [3.8, 4) is 0 Å². The molecule has 1 amide bonds. The minimum atomic E-state index is -1.28. The smallest absolute Gasteiger partial charge is 0.253 e. The highest BCUT2D eigenvalue weighted by atomic mass is 16.4. The molecule has 33 heavy (non-hydrogen) atoms. The van der Waals surface area contributed by atoms with Gasteiger partial charge in [-0.2, -0.15) is 0 Å². The van der Waals surface area contributed by atoms with Crippen molar-refractivity contribution in [3.63, 3.8) is 0 Å². The first-order valence-electron chi connectivity index (χ1n) is 12.4. The molecule has 0 saturated heterocycles. The summed E-state index contributed by atoms with van der Waals surface area (Å²) < 4.78 is 1.20. The lowest BCUT2D eigenvalue weighted by Gasteiger charge is -2.35. The lowest BCUT2D eigenvalue weighted by Crippen LogP contribution is -2.46. The summed E-state index contributed by atoms with van der Waals surface area (Å²) in [6.45, 7) is 15.2.